The van der Waals surface area contributed by atoms with Crippen LogP contribution in [0, 0.1) is 0 Å². The van der Waals surface area contributed by atoms with Crippen molar-refractivity contribution in [2.75, 3.05) is 0 Å². The molecule has 0 N–H and O–H groups in total. The molecular formula is C6H10BaO4. The molecule has 0 fully saturated rings. The quantitative estimate of drug-likeness (QED) is 0.403. The maximum absolute atomic E-state index is 10.4. The Hall–Kier alpha value is 0.381. The fourth-order valence-electron chi connectivity index (χ4n) is 0.400. The van der Waals surface area contributed by atoms with Gasteiger partial charge in [0.2, 0.25) is 0 Å². The molecule has 60 valence electrons. The van der Waals surface area contributed by atoms with Crippen LogP contribution in [-0.2, 0) is 19.1 Å². The Kier molecular flexibility index (Phi) is 8.94. The molecule has 0 aromatic rings. The Labute approximate surface area is 108 Å². The van der Waals surface area contributed by atoms with Gasteiger partial charge in [0.15, 0.2) is 0 Å². The molecular weight excluding hydrogens is 273 g/mol. The molecule has 5 heteroatoms. The largest absolute Gasteiger partial charge is 2.00 e. The van der Waals surface area contributed by atoms with Gasteiger partial charge in [0.1, 0.15) is 12.2 Å². The molecule has 11 heavy (non-hydrogen) atoms. The summed E-state index contributed by atoms with van der Waals surface area (Å²) in [6, 6.07) is 0. The molecule has 0 aromatic heterocycles. The molecule has 0 heterocycles. The predicted octanol–water partition coefficient (Wildman–Crippen LogP) is -0.101. The molecule has 0 aliphatic rings. The Bertz CT molecular complexity index is 165. The molecule has 0 aliphatic heterocycles. The van der Waals surface area contributed by atoms with E-state index >= 15 is 0 Å². The van der Waals surface area contributed by atoms with Crippen molar-refractivity contribution in [2.24, 2.45) is 0 Å². The molecule has 0 atom stereocenters. The second-order valence-corrected chi connectivity index (χ2v) is 1.84. The maximum Gasteiger partial charge on any atom is 2.00 e. The summed E-state index contributed by atoms with van der Waals surface area (Å²) in [5.74, 6) is -1.79. The third-order valence-electron chi connectivity index (χ3n) is 0.651. The van der Waals surface area contributed by atoms with Gasteiger partial charge in [-0.1, -0.05) is 0 Å². The SMILES string of the molecule is CC(=O)CC(=O)OC(C)=O.[Ba+2].[H-].[H-]. The predicted molar refractivity (Wildman–Crippen MR) is 40.0 cm³/mol. The van der Waals surface area contributed by atoms with E-state index in [-0.39, 0.29) is 63.9 Å². The summed E-state index contributed by atoms with van der Waals surface area (Å²) in [6.45, 7) is 2.36. The van der Waals surface area contributed by atoms with Crippen molar-refractivity contribution in [3.8, 4) is 0 Å². The number of ketones is 1. The first-order valence-corrected chi connectivity index (χ1v) is 2.73. The maximum atomic E-state index is 10.4. The van der Waals surface area contributed by atoms with Gasteiger partial charge in [-0.25, -0.2) is 0 Å². The van der Waals surface area contributed by atoms with Gasteiger partial charge in [-0.15, -0.1) is 0 Å². The van der Waals surface area contributed by atoms with Crippen molar-refractivity contribution in [3.05, 3.63) is 0 Å². The van der Waals surface area contributed by atoms with E-state index < -0.39 is 11.9 Å². The fraction of sp³-hybridized carbons (Fsp3) is 0.500. The summed E-state index contributed by atoms with van der Waals surface area (Å²) in [4.78, 5) is 30.7. The van der Waals surface area contributed by atoms with E-state index in [0.29, 0.717) is 0 Å². The third-order valence-corrected chi connectivity index (χ3v) is 0.651. The van der Waals surface area contributed by atoms with Crippen molar-refractivity contribution >= 4 is 66.6 Å². The van der Waals surface area contributed by atoms with Crippen LogP contribution >= 0.6 is 0 Å². The van der Waals surface area contributed by atoms with Crippen LogP contribution in [0.25, 0.3) is 0 Å². The number of Topliss-reactive ketones (excluding diaryl/α,β-unsaturated/α-hetero) is 1. The van der Waals surface area contributed by atoms with Gasteiger partial charge in [-0.05, 0) is 6.92 Å². The first kappa shape index (κ1) is 13.9. The van der Waals surface area contributed by atoms with E-state index in [2.05, 4.69) is 4.74 Å². The Balaban J connectivity index is -0.000000135. The van der Waals surface area contributed by atoms with Gasteiger partial charge >= 0.3 is 60.8 Å². The van der Waals surface area contributed by atoms with Crippen LogP contribution in [0.5, 0.6) is 0 Å². The standard InChI is InChI=1S/C6H8O4.Ba.2H/c1-4(7)3-6(9)10-5(2)8;;;/h3H2,1-2H3;;;/q;+2;2*-1. The Morgan fingerprint density at radius 1 is 1.27 bits per heavy atom. The fourth-order valence-corrected chi connectivity index (χ4v) is 0.400. The van der Waals surface area contributed by atoms with E-state index in [1.165, 1.54) is 6.92 Å². The molecule has 0 saturated heterocycles. The van der Waals surface area contributed by atoms with E-state index in [4.69, 9.17) is 0 Å². The normalized spacial score (nSPS) is 7.82. The zero-order valence-electron chi connectivity index (χ0n) is 8.55. The van der Waals surface area contributed by atoms with Crippen molar-refractivity contribution in [2.45, 2.75) is 20.3 Å². The Morgan fingerprint density at radius 3 is 2.00 bits per heavy atom. The van der Waals surface area contributed by atoms with Gasteiger partial charge in [0.05, 0.1) is 0 Å². The van der Waals surface area contributed by atoms with Gasteiger partial charge in [-0.2, -0.15) is 0 Å². The monoisotopic (exact) mass is 284 g/mol. The number of carbonyl (C=O) groups excluding carboxylic acids is 3. The van der Waals surface area contributed by atoms with Crippen molar-refractivity contribution in [3.63, 3.8) is 0 Å². The van der Waals surface area contributed by atoms with Crippen molar-refractivity contribution in [1.82, 2.24) is 0 Å². The second-order valence-electron chi connectivity index (χ2n) is 1.84. The van der Waals surface area contributed by atoms with E-state index in [1.807, 2.05) is 0 Å². The molecule has 0 aliphatic carbocycles. The summed E-state index contributed by atoms with van der Waals surface area (Å²) in [5.41, 5.74) is 0. The van der Waals surface area contributed by atoms with Crippen LogP contribution in [0.4, 0.5) is 0 Å². The van der Waals surface area contributed by atoms with Crippen LogP contribution < -0.4 is 0 Å². The van der Waals surface area contributed by atoms with Crippen LogP contribution in [0.3, 0.4) is 0 Å². The number of hydrogen-bond acceptors (Lipinski definition) is 4. The van der Waals surface area contributed by atoms with Gasteiger partial charge in [0.25, 0.3) is 0 Å². The smallest absolute Gasteiger partial charge is 1.00 e. The topological polar surface area (TPSA) is 60.4 Å². The van der Waals surface area contributed by atoms with Crippen LogP contribution in [0.2, 0.25) is 0 Å². The summed E-state index contributed by atoms with van der Waals surface area (Å²) in [7, 11) is 0. The summed E-state index contributed by atoms with van der Waals surface area (Å²) < 4.78 is 4.06. The van der Waals surface area contributed by atoms with Crippen molar-refractivity contribution in [1.29, 1.82) is 0 Å². The second kappa shape index (κ2) is 7.05. The number of esters is 2. The minimum Gasteiger partial charge on any atom is -1.00 e. The molecule has 0 bridgehead atoms. The summed E-state index contributed by atoms with van der Waals surface area (Å²) in [6.07, 6.45) is -0.334. The number of ether oxygens (including phenoxy) is 1. The zero-order chi connectivity index (χ0) is 8.15. The average molecular weight is 283 g/mol. The summed E-state index contributed by atoms with van der Waals surface area (Å²) >= 11 is 0. The minimum atomic E-state index is -0.792. The van der Waals surface area contributed by atoms with Crippen LogP contribution in [0.1, 0.15) is 23.1 Å². The molecule has 4 nitrogen and oxygen atoms in total. The zero-order valence-corrected chi connectivity index (χ0v) is 11.0. The van der Waals surface area contributed by atoms with Crippen LogP contribution in [0.15, 0.2) is 0 Å². The molecule has 0 aromatic carbocycles. The van der Waals surface area contributed by atoms with Gasteiger partial charge in [-0.3, -0.25) is 14.4 Å². The van der Waals surface area contributed by atoms with Crippen molar-refractivity contribution < 1.29 is 22.0 Å². The number of carbonyl (C=O) groups is 3. The van der Waals surface area contributed by atoms with E-state index in [0.717, 1.165) is 6.92 Å². The van der Waals surface area contributed by atoms with Gasteiger partial charge in [0, 0.05) is 6.92 Å². The minimum absolute atomic E-state index is 0. The third kappa shape index (κ3) is 10.4. The first-order valence-electron chi connectivity index (χ1n) is 2.73. The summed E-state index contributed by atoms with van der Waals surface area (Å²) in [5, 5.41) is 0. The van der Waals surface area contributed by atoms with E-state index in [1.54, 1.807) is 0 Å². The molecule has 0 spiro atoms. The molecule has 0 radical (unpaired) electrons. The molecule has 0 rings (SSSR count). The molecule has 0 unspecified atom stereocenters. The average Bonchev–Trinajstić information content (AvgIpc) is 1.58. The number of hydrogen-bond donors (Lipinski definition) is 0. The first-order chi connectivity index (χ1) is 4.52. The van der Waals surface area contributed by atoms with E-state index in [9.17, 15) is 14.4 Å². The Morgan fingerprint density at radius 2 is 1.73 bits per heavy atom. The molecule has 0 saturated carbocycles. The van der Waals surface area contributed by atoms with Crippen LogP contribution in [-0.4, -0.2) is 66.6 Å². The van der Waals surface area contributed by atoms with Gasteiger partial charge < -0.3 is 7.59 Å². The number of rotatable bonds is 2. The molecule has 0 amide bonds.